The van der Waals surface area contributed by atoms with Gasteiger partial charge in [0.15, 0.2) is 13.1 Å². The first kappa shape index (κ1) is 34.5. The first-order chi connectivity index (χ1) is 21.0. The zero-order valence-corrected chi connectivity index (χ0v) is 29.0. The largest absolute Gasteiger partial charge is 0.393 e. The van der Waals surface area contributed by atoms with Crippen LogP contribution in [0.15, 0.2) is 12.1 Å². The summed E-state index contributed by atoms with van der Waals surface area (Å²) in [6.45, 7) is 21.1. The van der Waals surface area contributed by atoms with E-state index in [1.807, 2.05) is 13.8 Å². The molecule has 0 aromatic heterocycles. The van der Waals surface area contributed by atoms with Crippen molar-refractivity contribution < 1.29 is 15.3 Å². The van der Waals surface area contributed by atoms with Gasteiger partial charge in [-0.25, -0.2) is 9.15 Å². The topological polar surface area (TPSA) is 66.7 Å². The number of hydrogen-bond donors (Lipinski definition) is 3. The maximum Gasteiger partial charge on any atom is 0.206 e. The number of benzene rings is 2. The zero-order valence-electron chi connectivity index (χ0n) is 29.0. The molecule has 2 unspecified atom stereocenters. The summed E-state index contributed by atoms with van der Waals surface area (Å²) in [5, 5.41) is 34.7. The molecule has 0 radical (unpaired) electrons. The molecular formula is C39H60N2O3+2. The smallest absolute Gasteiger partial charge is 0.206 e. The second-order valence-corrected chi connectivity index (χ2v) is 13.8. The Morgan fingerprint density at radius 2 is 1.18 bits per heavy atom. The Morgan fingerprint density at radius 3 is 1.68 bits per heavy atom. The standard InChI is InChI=1S/2C17H24NO.C5H12O/c1-4-14-15-6-5-7-18-10-13(19)8-12(17(15)18)9-16(14)11(2)3;1-4-14-15(11(2)3)8-12-6-5-7-18-10-13(19)9-16(14)17(12)18;1-3-5(6)4-2/h9,13,19H,4-8,10H2,1-3H3;8,13,19H,4-7,9-10H2,1-3H3;5-6H,3-4H2,1-2H3/q2*+1;. The highest BCUT2D eigenvalue weighted by Crippen LogP contribution is 2.16. The van der Waals surface area contributed by atoms with E-state index in [4.69, 9.17) is 5.11 Å². The fourth-order valence-corrected chi connectivity index (χ4v) is 7.89. The Balaban J connectivity index is 0.000000170. The van der Waals surface area contributed by atoms with Gasteiger partial charge < -0.3 is 15.3 Å². The molecule has 5 heteroatoms. The number of aryl methyl sites for hydroxylation is 1. The Bertz CT molecular complexity index is 1570. The molecule has 4 aliphatic rings. The van der Waals surface area contributed by atoms with E-state index in [1.54, 1.807) is 11.1 Å². The molecule has 0 bridgehead atoms. The van der Waals surface area contributed by atoms with Gasteiger partial charge in [0, 0.05) is 47.9 Å². The summed E-state index contributed by atoms with van der Waals surface area (Å²) < 4.78 is 4.83. The van der Waals surface area contributed by atoms with Gasteiger partial charge in [-0.1, -0.05) is 38.8 Å². The average molecular weight is 605 g/mol. The molecule has 0 saturated carbocycles. The van der Waals surface area contributed by atoms with Crippen molar-refractivity contribution >= 4 is 11.1 Å². The Morgan fingerprint density at radius 1 is 0.705 bits per heavy atom. The van der Waals surface area contributed by atoms with Crippen molar-refractivity contribution in [3.8, 4) is 0 Å². The van der Waals surface area contributed by atoms with Gasteiger partial charge in [0.1, 0.15) is 25.3 Å². The molecule has 0 fully saturated rings. The van der Waals surface area contributed by atoms with Crippen molar-refractivity contribution in [1.29, 1.82) is 0 Å². The van der Waals surface area contributed by atoms with E-state index in [9.17, 15) is 10.2 Å². The predicted molar refractivity (Wildman–Crippen MR) is 184 cm³/mol. The molecular weight excluding hydrogens is 544 g/mol. The van der Waals surface area contributed by atoms with Crippen LogP contribution in [0.2, 0.25) is 0 Å². The summed E-state index contributed by atoms with van der Waals surface area (Å²) >= 11 is 0. The number of nitrogens with zero attached hydrogens (tertiary/aromatic N) is 2. The minimum absolute atomic E-state index is 0.0648. The summed E-state index contributed by atoms with van der Waals surface area (Å²) in [7, 11) is 0. The molecule has 0 aliphatic carbocycles. The van der Waals surface area contributed by atoms with Gasteiger partial charge in [0.25, 0.3) is 0 Å². The van der Waals surface area contributed by atoms with Crippen LogP contribution in [0, 0.1) is 0 Å². The van der Waals surface area contributed by atoms with Crippen LogP contribution in [-0.2, 0) is 38.5 Å². The predicted octanol–water partition coefficient (Wildman–Crippen LogP) is 2.75. The molecule has 4 heterocycles. The lowest BCUT2D eigenvalue weighted by Gasteiger charge is -2.24. The fraction of sp³-hybridized carbons (Fsp3) is 0.641. The van der Waals surface area contributed by atoms with Crippen LogP contribution in [0.3, 0.4) is 0 Å². The first-order valence-corrected chi connectivity index (χ1v) is 17.5. The van der Waals surface area contributed by atoms with Gasteiger partial charge >= 0.3 is 0 Å². The van der Waals surface area contributed by atoms with E-state index in [0.29, 0.717) is 0 Å². The third-order valence-electron chi connectivity index (χ3n) is 10.0. The van der Waals surface area contributed by atoms with Crippen LogP contribution in [0.25, 0.3) is 11.1 Å². The lowest BCUT2D eigenvalue weighted by molar-refractivity contribution is 0.153. The second-order valence-electron chi connectivity index (χ2n) is 13.8. The molecule has 2 aromatic rings. The molecule has 6 rings (SSSR count). The second kappa shape index (κ2) is 15.3. The minimum Gasteiger partial charge on any atom is -0.393 e. The molecule has 3 N–H and O–H groups in total. The Hall–Kier alpha value is -2.34. The van der Waals surface area contributed by atoms with Gasteiger partial charge in [-0.2, -0.15) is 0 Å². The lowest BCUT2D eigenvalue weighted by atomic mass is 9.88. The van der Waals surface area contributed by atoms with E-state index in [-0.39, 0.29) is 18.3 Å². The van der Waals surface area contributed by atoms with Crippen molar-refractivity contribution in [1.82, 2.24) is 9.15 Å². The first-order valence-electron chi connectivity index (χ1n) is 17.5. The maximum atomic E-state index is 10.2. The van der Waals surface area contributed by atoms with E-state index in [0.717, 1.165) is 64.7 Å². The third-order valence-corrected chi connectivity index (χ3v) is 10.0. The summed E-state index contributed by atoms with van der Waals surface area (Å²) in [4.78, 5) is 0. The summed E-state index contributed by atoms with van der Waals surface area (Å²) in [6, 6.07) is 4.75. The van der Waals surface area contributed by atoms with Gasteiger partial charge in [0.05, 0.1) is 6.10 Å². The fourth-order valence-electron chi connectivity index (χ4n) is 7.89. The molecule has 2 aromatic carbocycles. The number of rotatable bonds is 4. The van der Waals surface area contributed by atoms with Crippen molar-refractivity contribution in [3.63, 3.8) is 0 Å². The summed E-state index contributed by atoms with van der Waals surface area (Å²) in [5.41, 5.74) is 11.7. The highest BCUT2D eigenvalue weighted by molar-refractivity contribution is 5.48. The van der Waals surface area contributed by atoms with E-state index in [2.05, 4.69) is 62.8 Å². The summed E-state index contributed by atoms with van der Waals surface area (Å²) in [6.07, 6.45) is 9.98. The van der Waals surface area contributed by atoms with Crippen LogP contribution in [0.1, 0.15) is 114 Å². The normalized spacial score (nSPS) is 19.7. The molecule has 5 nitrogen and oxygen atoms in total. The van der Waals surface area contributed by atoms with Crippen molar-refractivity contribution in [2.75, 3.05) is 26.2 Å². The van der Waals surface area contributed by atoms with Crippen LogP contribution in [-0.4, -0.2) is 59.8 Å². The highest BCUT2D eigenvalue weighted by Gasteiger charge is 2.31. The van der Waals surface area contributed by atoms with Crippen LogP contribution in [0.5, 0.6) is 0 Å². The molecule has 4 aliphatic heterocycles. The van der Waals surface area contributed by atoms with Gasteiger partial charge in [-0.3, -0.25) is 0 Å². The molecule has 0 saturated heterocycles. The molecule has 0 amide bonds. The molecule has 2 atom stereocenters. The van der Waals surface area contributed by atoms with Gasteiger partial charge in [-0.05, 0) is 99.9 Å². The Labute approximate surface area is 266 Å². The monoisotopic (exact) mass is 604 g/mol. The van der Waals surface area contributed by atoms with Gasteiger partial charge in [-0.15, -0.1) is 0 Å². The maximum absolute atomic E-state index is 10.2. The number of hydrogen-bond acceptors (Lipinski definition) is 3. The zero-order chi connectivity index (χ0) is 32.1. The Kier molecular flexibility index (Phi) is 12.0. The number of aliphatic hydroxyl groups is 3. The van der Waals surface area contributed by atoms with Gasteiger partial charge in [0.2, 0.25) is 10.7 Å². The number of aliphatic hydroxyl groups excluding tert-OH is 3. The van der Waals surface area contributed by atoms with E-state index in [1.165, 1.54) is 80.2 Å². The van der Waals surface area contributed by atoms with Crippen LogP contribution >= 0.6 is 0 Å². The van der Waals surface area contributed by atoms with Crippen molar-refractivity contribution in [2.24, 2.45) is 0 Å². The van der Waals surface area contributed by atoms with Crippen LogP contribution in [0.4, 0.5) is 0 Å². The average Bonchev–Trinajstić information content (AvgIpc) is 3.00. The molecule has 242 valence electrons. The lowest BCUT2D eigenvalue weighted by Crippen LogP contribution is -2.50. The third kappa shape index (κ3) is 7.37. The SMILES string of the molecule is CCC(O)CC.CCc1c2c3c(cc1=C(C)C)CC(O)C[N+]=3CCC2.CCc1c2c3c(cc1=C(C)C)CCC[N+]=3CC(O)C2. The van der Waals surface area contributed by atoms with Crippen LogP contribution < -0.4 is 30.3 Å². The highest BCUT2D eigenvalue weighted by atomic mass is 16.3. The van der Waals surface area contributed by atoms with Crippen molar-refractivity contribution in [3.05, 3.63) is 66.7 Å². The minimum atomic E-state index is -0.198. The molecule has 0 spiro atoms. The quantitative estimate of drug-likeness (QED) is 0.471. The van der Waals surface area contributed by atoms with Crippen molar-refractivity contribution in [2.45, 2.75) is 138 Å². The summed E-state index contributed by atoms with van der Waals surface area (Å²) in [5.74, 6) is 0. The molecule has 44 heavy (non-hydrogen) atoms. The van der Waals surface area contributed by atoms with E-state index >= 15 is 0 Å². The van der Waals surface area contributed by atoms with E-state index < -0.39 is 0 Å².